The maximum absolute atomic E-state index is 12.6. The van der Waals surface area contributed by atoms with Crippen LogP contribution < -0.4 is 0 Å². The number of benzene rings is 1. The first kappa shape index (κ1) is 15.5. The highest BCUT2D eigenvalue weighted by atomic mass is 16.6. The number of hydrogen-bond acceptors (Lipinski definition) is 6. The number of nitro benzene ring substituents is 1. The molecule has 8 heteroatoms. The fourth-order valence-electron chi connectivity index (χ4n) is 4.06. The van der Waals surface area contributed by atoms with Crippen molar-refractivity contribution in [2.75, 3.05) is 0 Å². The van der Waals surface area contributed by atoms with Gasteiger partial charge < -0.3 is 5.11 Å². The van der Waals surface area contributed by atoms with Crippen molar-refractivity contribution in [2.45, 2.75) is 12.8 Å². The smallest absolute Gasteiger partial charge is 0.311 e. The van der Waals surface area contributed by atoms with Crippen LogP contribution in [0, 0.1) is 33.8 Å². The highest BCUT2D eigenvalue weighted by Gasteiger charge is 2.56. The summed E-state index contributed by atoms with van der Waals surface area (Å²) < 4.78 is 0. The molecule has 0 aromatic heterocycles. The average Bonchev–Trinajstić information content (AvgIpc) is 2.88. The Morgan fingerprint density at radius 1 is 1.16 bits per heavy atom. The summed E-state index contributed by atoms with van der Waals surface area (Å²) in [5.41, 5.74) is -0.139. The molecule has 2 bridgehead atoms. The molecule has 1 heterocycles. The number of rotatable bonds is 3. The summed E-state index contributed by atoms with van der Waals surface area (Å²) in [6.07, 6.45) is 7.09. The van der Waals surface area contributed by atoms with Gasteiger partial charge in [-0.3, -0.25) is 19.7 Å². The van der Waals surface area contributed by atoms with Gasteiger partial charge in [-0.05, 0) is 36.8 Å². The largest absolute Gasteiger partial charge is 0.502 e. The van der Waals surface area contributed by atoms with Gasteiger partial charge in [0.2, 0.25) is 0 Å². The zero-order chi connectivity index (χ0) is 17.7. The fourth-order valence-corrected chi connectivity index (χ4v) is 4.06. The van der Waals surface area contributed by atoms with Crippen molar-refractivity contribution in [2.24, 2.45) is 28.8 Å². The first-order valence-corrected chi connectivity index (χ1v) is 8.05. The molecule has 25 heavy (non-hydrogen) atoms. The van der Waals surface area contributed by atoms with Gasteiger partial charge in [0.15, 0.2) is 5.75 Å². The molecule has 3 aliphatic carbocycles. The van der Waals surface area contributed by atoms with Crippen LogP contribution in [-0.4, -0.2) is 33.1 Å². The normalized spacial score (nSPS) is 30.3. The van der Waals surface area contributed by atoms with Crippen LogP contribution in [0.4, 0.5) is 5.69 Å². The van der Waals surface area contributed by atoms with Gasteiger partial charge in [-0.25, -0.2) is 0 Å². The number of nitro groups is 1. The highest BCUT2D eigenvalue weighted by molar-refractivity contribution is 6.06. The molecule has 1 saturated heterocycles. The summed E-state index contributed by atoms with van der Waals surface area (Å²) in [7, 11) is 0. The molecule has 1 aromatic carbocycles. The Morgan fingerprint density at radius 2 is 1.76 bits per heavy atom. The van der Waals surface area contributed by atoms with E-state index in [1.165, 1.54) is 18.3 Å². The number of fused-ring (bicyclic) bond motifs is 1. The predicted octanol–water partition coefficient (Wildman–Crippen LogP) is 1.83. The summed E-state index contributed by atoms with van der Waals surface area (Å²) in [5.74, 6) is -1.59. The van der Waals surface area contributed by atoms with Crippen LogP contribution in [0.1, 0.15) is 18.4 Å². The van der Waals surface area contributed by atoms with Crippen molar-refractivity contribution >= 4 is 23.7 Å². The third-order valence-electron chi connectivity index (χ3n) is 5.25. The first-order chi connectivity index (χ1) is 12.0. The Kier molecular flexibility index (Phi) is 3.41. The number of imide groups is 1. The molecule has 5 rings (SSSR count). The number of phenols is 1. The zero-order valence-corrected chi connectivity index (χ0v) is 13.1. The lowest BCUT2D eigenvalue weighted by Gasteiger charge is -2.37. The number of nitrogens with zero attached hydrogens (tertiary/aromatic N) is 3. The third kappa shape index (κ3) is 2.33. The van der Waals surface area contributed by atoms with Gasteiger partial charge in [-0.1, -0.05) is 12.2 Å². The van der Waals surface area contributed by atoms with Crippen molar-refractivity contribution in [3.8, 4) is 5.75 Å². The van der Waals surface area contributed by atoms with Crippen LogP contribution >= 0.6 is 0 Å². The minimum absolute atomic E-state index is 0.0846. The lowest BCUT2D eigenvalue weighted by molar-refractivity contribution is -0.385. The van der Waals surface area contributed by atoms with Crippen molar-refractivity contribution in [1.29, 1.82) is 0 Å². The van der Waals surface area contributed by atoms with Crippen LogP contribution in [-0.2, 0) is 9.59 Å². The summed E-state index contributed by atoms with van der Waals surface area (Å²) >= 11 is 0. The maximum Gasteiger partial charge on any atom is 0.311 e. The van der Waals surface area contributed by atoms with E-state index in [9.17, 15) is 24.8 Å². The van der Waals surface area contributed by atoms with Crippen LogP contribution in [0.5, 0.6) is 5.75 Å². The van der Waals surface area contributed by atoms with Crippen LogP contribution in [0.2, 0.25) is 0 Å². The molecule has 1 N–H and O–H groups in total. The van der Waals surface area contributed by atoms with Gasteiger partial charge in [0.1, 0.15) is 0 Å². The number of aromatic hydroxyl groups is 1. The molecule has 8 nitrogen and oxygen atoms in total. The summed E-state index contributed by atoms with van der Waals surface area (Å²) in [6.45, 7) is 0. The Hall–Kier alpha value is -3.03. The lowest BCUT2D eigenvalue weighted by atomic mass is 9.63. The summed E-state index contributed by atoms with van der Waals surface area (Å²) in [6, 6.07) is 3.74. The SMILES string of the molecule is O=C1C2C3C=CC(CC3)C2C(=O)N1N=Cc1ccc(O)c([N+](=O)[O-])c1. The molecule has 4 unspecified atom stereocenters. The van der Waals surface area contributed by atoms with E-state index >= 15 is 0 Å². The Balaban J connectivity index is 1.60. The number of hydrogen-bond donors (Lipinski definition) is 1. The van der Waals surface area contributed by atoms with Gasteiger partial charge in [-0.15, -0.1) is 0 Å². The lowest BCUT2D eigenvalue weighted by Crippen LogP contribution is -2.38. The molecule has 1 aliphatic heterocycles. The summed E-state index contributed by atoms with van der Waals surface area (Å²) in [5, 5.41) is 25.2. The number of carbonyl (C=O) groups is 2. The second-order valence-corrected chi connectivity index (χ2v) is 6.58. The quantitative estimate of drug-likeness (QED) is 0.296. The standard InChI is InChI=1S/C17H15N3O5/c21-13-6-1-9(7-12(13)20(24)25)8-18-19-16(22)14-10-2-3-11(5-4-10)15(14)17(19)23/h1-3,6-8,10-11,14-15,21H,4-5H2. The molecule has 1 saturated carbocycles. The molecule has 1 aromatic rings. The fraction of sp³-hybridized carbons (Fsp3) is 0.353. The number of amides is 2. The van der Waals surface area contributed by atoms with E-state index in [-0.39, 0.29) is 35.5 Å². The minimum atomic E-state index is -0.712. The molecular weight excluding hydrogens is 326 g/mol. The minimum Gasteiger partial charge on any atom is -0.502 e. The second-order valence-electron chi connectivity index (χ2n) is 6.58. The molecule has 2 fully saturated rings. The topological polar surface area (TPSA) is 113 Å². The molecule has 0 spiro atoms. The predicted molar refractivity (Wildman–Crippen MR) is 86.5 cm³/mol. The molecule has 2 amide bonds. The monoisotopic (exact) mass is 341 g/mol. The van der Waals surface area contributed by atoms with Crippen LogP contribution in [0.25, 0.3) is 0 Å². The van der Waals surface area contributed by atoms with E-state index in [1.807, 2.05) is 12.2 Å². The van der Waals surface area contributed by atoms with Crippen LogP contribution in [0.3, 0.4) is 0 Å². The third-order valence-corrected chi connectivity index (χ3v) is 5.25. The maximum atomic E-state index is 12.6. The number of hydrazone groups is 1. The van der Waals surface area contributed by atoms with Gasteiger partial charge in [-0.2, -0.15) is 10.1 Å². The van der Waals surface area contributed by atoms with Gasteiger partial charge >= 0.3 is 5.69 Å². The van der Waals surface area contributed by atoms with Crippen molar-refractivity contribution < 1.29 is 19.6 Å². The van der Waals surface area contributed by atoms with Crippen LogP contribution in [0.15, 0.2) is 35.5 Å². The molecule has 4 aliphatic rings. The van der Waals surface area contributed by atoms with E-state index in [2.05, 4.69) is 5.10 Å². The zero-order valence-electron chi connectivity index (χ0n) is 13.1. The second kappa shape index (κ2) is 5.51. The van der Waals surface area contributed by atoms with E-state index in [0.29, 0.717) is 5.56 Å². The summed E-state index contributed by atoms with van der Waals surface area (Å²) in [4.78, 5) is 35.4. The van der Waals surface area contributed by atoms with E-state index < -0.39 is 16.4 Å². The first-order valence-electron chi connectivity index (χ1n) is 8.05. The van der Waals surface area contributed by atoms with E-state index in [4.69, 9.17) is 0 Å². The van der Waals surface area contributed by atoms with Crippen molar-refractivity contribution in [3.05, 3.63) is 46.0 Å². The van der Waals surface area contributed by atoms with Gasteiger partial charge in [0.05, 0.1) is 23.0 Å². The molecular formula is C17H15N3O5. The average molecular weight is 341 g/mol. The Labute approximate surface area is 142 Å². The van der Waals surface area contributed by atoms with Crippen molar-refractivity contribution in [3.63, 3.8) is 0 Å². The van der Waals surface area contributed by atoms with Crippen molar-refractivity contribution in [1.82, 2.24) is 5.01 Å². The molecule has 128 valence electrons. The number of phenolic OH excluding ortho intramolecular Hbond substituents is 1. The molecule has 4 atom stereocenters. The highest BCUT2D eigenvalue weighted by Crippen LogP contribution is 2.49. The van der Waals surface area contributed by atoms with E-state index in [1.54, 1.807) is 0 Å². The van der Waals surface area contributed by atoms with Gasteiger partial charge in [0.25, 0.3) is 11.8 Å². The number of allylic oxidation sites excluding steroid dienone is 2. The molecule has 0 radical (unpaired) electrons. The Morgan fingerprint density at radius 3 is 2.28 bits per heavy atom. The van der Waals surface area contributed by atoms with E-state index in [0.717, 1.165) is 23.9 Å². The Bertz CT molecular complexity index is 815. The number of carbonyl (C=O) groups excluding carboxylic acids is 2. The van der Waals surface area contributed by atoms with Gasteiger partial charge in [0, 0.05) is 11.6 Å².